The van der Waals surface area contributed by atoms with E-state index in [0.29, 0.717) is 5.69 Å². The van der Waals surface area contributed by atoms with Crippen LogP contribution in [0.3, 0.4) is 0 Å². The van der Waals surface area contributed by atoms with Crippen molar-refractivity contribution >= 4 is 17.4 Å². The average Bonchev–Trinajstić information content (AvgIpc) is 2.44. The molecule has 0 heterocycles. The monoisotopic (exact) mass is 323 g/mol. The Balaban J connectivity index is 2.11. The fraction of sp³-hybridized carbons (Fsp3) is 0.286. The number of hydrogen-bond acceptors (Lipinski definition) is 2. The second-order valence-corrected chi connectivity index (χ2v) is 7.06. The van der Waals surface area contributed by atoms with Crippen LogP contribution in [-0.4, -0.2) is 11.7 Å². The molecule has 0 saturated heterocycles. The van der Waals surface area contributed by atoms with E-state index in [1.165, 1.54) is 11.1 Å². The smallest absolute Gasteiger partial charge is 0.412 e. The molecule has 0 aliphatic heterocycles. The summed E-state index contributed by atoms with van der Waals surface area (Å²) in [4.78, 5) is 11.8. The summed E-state index contributed by atoms with van der Waals surface area (Å²) in [6, 6.07) is 14.0. The summed E-state index contributed by atoms with van der Waals surface area (Å²) >= 11 is 0. The molecule has 3 nitrogen and oxygen atoms in total. The summed E-state index contributed by atoms with van der Waals surface area (Å²) in [5.74, 6) is 0. The number of carbonyl (C=O) groups excluding carboxylic acids is 1. The number of anilines is 1. The number of rotatable bonds is 3. The maximum absolute atomic E-state index is 11.8. The van der Waals surface area contributed by atoms with E-state index in [9.17, 15) is 4.79 Å². The number of benzene rings is 2. The quantitative estimate of drug-likeness (QED) is 0.785. The Bertz CT molecular complexity index is 732. The van der Waals surface area contributed by atoms with Crippen LogP contribution in [0.1, 0.15) is 43.0 Å². The lowest BCUT2D eigenvalue weighted by molar-refractivity contribution is 0.0636. The van der Waals surface area contributed by atoms with Crippen molar-refractivity contribution in [1.29, 1.82) is 0 Å². The third-order valence-electron chi connectivity index (χ3n) is 3.45. The van der Waals surface area contributed by atoms with Gasteiger partial charge < -0.3 is 4.74 Å². The molecule has 0 radical (unpaired) electrons. The van der Waals surface area contributed by atoms with Gasteiger partial charge in [0.05, 0.1) is 0 Å². The molecule has 0 aliphatic rings. The van der Waals surface area contributed by atoms with Gasteiger partial charge in [-0.1, -0.05) is 48.0 Å². The van der Waals surface area contributed by atoms with Crippen LogP contribution in [0.25, 0.3) is 5.57 Å². The average molecular weight is 323 g/mol. The number of carbonyl (C=O) groups is 1. The number of nitrogens with one attached hydrogen (secondary N) is 1. The molecule has 0 aliphatic carbocycles. The van der Waals surface area contributed by atoms with E-state index in [2.05, 4.69) is 43.9 Å². The van der Waals surface area contributed by atoms with Gasteiger partial charge in [0.1, 0.15) is 5.60 Å². The molecule has 2 rings (SSSR count). The second kappa shape index (κ2) is 6.91. The van der Waals surface area contributed by atoms with Gasteiger partial charge in [-0.05, 0) is 63.5 Å². The SMILES string of the molecule is C=C(c1ccc(NC(=O)OC(C)(C)C)cc1)c1cc(C)cc(C)c1. The Labute approximate surface area is 144 Å². The van der Waals surface area contributed by atoms with Gasteiger partial charge in [0, 0.05) is 5.69 Å². The van der Waals surface area contributed by atoms with E-state index < -0.39 is 11.7 Å². The molecule has 0 aromatic heterocycles. The Morgan fingerprint density at radius 1 is 0.958 bits per heavy atom. The van der Waals surface area contributed by atoms with Crippen LogP contribution in [0.15, 0.2) is 49.0 Å². The molecule has 1 N–H and O–H groups in total. The number of aryl methyl sites for hydroxylation is 2. The van der Waals surface area contributed by atoms with Gasteiger partial charge >= 0.3 is 6.09 Å². The molecule has 3 heteroatoms. The van der Waals surface area contributed by atoms with Crippen LogP contribution in [0.2, 0.25) is 0 Å². The zero-order valence-electron chi connectivity index (χ0n) is 15.1. The predicted octanol–water partition coefficient (Wildman–Crippen LogP) is 5.71. The van der Waals surface area contributed by atoms with Crippen LogP contribution in [-0.2, 0) is 4.74 Å². The molecular formula is C21H25NO2. The highest BCUT2D eigenvalue weighted by Crippen LogP contribution is 2.25. The number of hydrogen-bond donors (Lipinski definition) is 1. The van der Waals surface area contributed by atoms with Crippen molar-refractivity contribution in [1.82, 2.24) is 0 Å². The molecule has 0 saturated carbocycles. The van der Waals surface area contributed by atoms with Gasteiger partial charge in [-0.15, -0.1) is 0 Å². The van der Waals surface area contributed by atoms with Crippen LogP contribution in [0.5, 0.6) is 0 Å². The van der Waals surface area contributed by atoms with Crippen molar-refractivity contribution in [3.8, 4) is 0 Å². The van der Waals surface area contributed by atoms with Crippen molar-refractivity contribution in [3.63, 3.8) is 0 Å². The Kier molecular flexibility index (Phi) is 5.13. The minimum absolute atomic E-state index is 0.455. The lowest BCUT2D eigenvalue weighted by atomic mass is 9.96. The molecule has 24 heavy (non-hydrogen) atoms. The van der Waals surface area contributed by atoms with E-state index in [4.69, 9.17) is 4.74 Å². The summed E-state index contributed by atoms with van der Waals surface area (Å²) in [5.41, 5.74) is 5.71. The Morgan fingerprint density at radius 3 is 2.00 bits per heavy atom. The van der Waals surface area contributed by atoms with E-state index >= 15 is 0 Å². The predicted molar refractivity (Wildman–Crippen MR) is 100 cm³/mol. The molecule has 0 spiro atoms. The number of amides is 1. The van der Waals surface area contributed by atoms with Crippen molar-refractivity contribution in [2.24, 2.45) is 0 Å². The van der Waals surface area contributed by atoms with Crippen molar-refractivity contribution < 1.29 is 9.53 Å². The third kappa shape index (κ3) is 4.98. The molecule has 0 atom stereocenters. The van der Waals surface area contributed by atoms with Crippen LogP contribution in [0.4, 0.5) is 10.5 Å². The van der Waals surface area contributed by atoms with Crippen molar-refractivity contribution in [2.45, 2.75) is 40.2 Å². The van der Waals surface area contributed by atoms with Gasteiger partial charge in [-0.2, -0.15) is 0 Å². The van der Waals surface area contributed by atoms with Crippen molar-refractivity contribution in [3.05, 3.63) is 71.3 Å². The van der Waals surface area contributed by atoms with E-state index in [-0.39, 0.29) is 0 Å². The normalized spacial score (nSPS) is 11.0. The first-order chi connectivity index (χ1) is 11.1. The first kappa shape index (κ1) is 17.8. The summed E-state index contributed by atoms with van der Waals surface area (Å²) in [7, 11) is 0. The maximum Gasteiger partial charge on any atom is 0.412 e. The number of ether oxygens (including phenoxy) is 1. The Morgan fingerprint density at radius 2 is 1.50 bits per heavy atom. The minimum Gasteiger partial charge on any atom is -0.444 e. The standard InChI is InChI=1S/C21H25NO2/c1-14-11-15(2)13-18(12-14)16(3)17-7-9-19(10-8-17)22-20(23)24-21(4,5)6/h7-13H,3H2,1-2,4-6H3,(H,22,23). The molecule has 0 bridgehead atoms. The van der Waals surface area contributed by atoms with Gasteiger partial charge in [-0.25, -0.2) is 4.79 Å². The molecule has 2 aromatic rings. The first-order valence-corrected chi connectivity index (χ1v) is 8.02. The molecule has 0 fully saturated rings. The Hall–Kier alpha value is -2.55. The van der Waals surface area contributed by atoms with Crippen LogP contribution < -0.4 is 5.32 Å². The van der Waals surface area contributed by atoms with Crippen molar-refractivity contribution in [2.75, 3.05) is 5.32 Å². The zero-order valence-corrected chi connectivity index (χ0v) is 15.1. The highest BCUT2D eigenvalue weighted by atomic mass is 16.6. The third-order valence-corrected chi connectivity index (χ3v) is 3.45. The molecule has 2 aromatic carbocycles. The van der Waals surface area contributed by atoms with E-state index in [1.54, 1.807) is 0 Å². The molecular weight excluding hydrogens is 298 g/mol. The fourth-order valence-corrected chi connectivity index (χ4v) is 2.49. The lowest BCUT2D eigenvalue weighted by Gasteiger charge is -2.19. The van der Waals surface area contributed by atoms with Gasteiger partial charge in [-0.3, -0.25) is 5.32 Å². The highest BCUT2D eigenvalue weighted by Gasteiger charge is 2.16. The summed E-state index contributed by atoms with van der Waals surface area (Å²) in [6.07, 6.45) is -0.455. The largest absolute Gasteiger partial charge is 0.444 e. The molecule has 126 valence electrons. The zero-order chi connectivity index (χ0) is 17.9. The maximum atomic E-state index is 11.8. The topological polar surface area (TPSA) is 38.3 Å². The summed E-state index contributed by atoms with van der Waals surface area (Å²) < 4.78 is 5.25. The first-order valence-electron chi connectivity index (χ1n) is 8.02. The summed E-state index contributed by atoms with van der Waals surface area (Å²) in [6.45, 7) is 13.9. The van der Waals surface area contributed by atoms with Gasteiger partial charge in [0.15, 0.2) is 0 Å². The van der Waals surface area contributed by atoms with Crippen LogP contribution in [0, 0.1) is 13.8 Å². The molecule has 1 amide bonds. The lowest BCUT2D eigenvalue weighted by Crippen LogP contribution is -2.27. The van der Waals surface area contributed by atoms with E-state index in [0.717, 1.165) is 16.7 Å². The minimum atomic E-state index is -0.513. The second-order valence-electron chi connectivity index (χ2n) is 7.06. The summed E-state index contributed by atoms with van der Waals surface area (Å²) in [5, 5.41) is 2.73. The molecule has 0 unspecified atom stereocenters. The van der Waals surface area contributed by atoms with E-state index in [1.807, 2.05) is 45.0 Å². The van der Waals surface area contributed by atoms with Gasteiger partial charge in [0.25, 0.3) is 0 Å². The fourth-order valence-electron chi connectivity index (χ4n) is 2.49. The highest BCUT2D eigenvalue weighted by molar-refractivity contribution is 5.86. The van der Waals surface area contributed by atoms with Crippen LogP contribution >= 0.6 is 0 Å². The van der Waals surface area contributed by atoms with Gasteiger partial charge in [0.2, 0.25) is 0 Å².